The summed E-state index contributed by atoms with van der Waals surface area (Å²) in [5.41, 5.74) is 5.74. The Bertz CT molecular complexity index is 862. The number of nitrogens with two attached hydrogens (primary N) is 1. The predicted molar refractivity (Wildman–Crippen MR) is 86.7 cm³/mol. The quantitative estimate of drug-likeness (QED) is 0.714. The highest BCUT2D eigenvalue weighted by Gasteiger charge is 2.33. The maximum Gasteiger partial charge on any atom is 0.272 e. The van der Waals surface area contributed by atoms with Crippen LogP contribution < -0.4 is 15.4 Å². The fraction of sp³-hybridized carbons (Fsp3) is 0. The van der Waals surface area contributed by atoms with E-state index in [1.807, 2.05) is 0 Å². The molecule has 1 aromatic heterocycles. The number of halogens is 4. The molecule has 0 aliphatic carbocycles. The van der Waals surface area contributed by atoms with Gasteiger partial charge in [0.1, 0.15) is 23.5 Å². The largest absolute Gasteiger partial charge is 0.423 e. The Hall–Kier alpha value is -1.90. The molecule has 0 atom stereocenters. The van der Waals surface area contributed by atoms with E-state index in [9.17, 15) is 9.18 Å². The van der Waals surface area contributed by atoms with Crippen molar-refractivity contribution >= 4 is 56.5 Å². The Morgan fingerprint density at radius 1 is 1.30 bits per heavy atom. The molecule has 2 heterocycles. The number of carbonyl (C=O) groups excluding carboxylic acids is 1. The van der Waals surface area contributed by atoms with Gasteiger partial charge in [-0.1, -0.05) is 11.6 Å². The third kappa shape index (κ3) is 2.73. The van der Waals surface area contributed by atoms with Crippen LogP contribution in [-0.2, 0) is 0 Å². The van der Waals surface area contributed by atoms with E-state index >= 15 is 0 Å². The number of rotatable bonds is 1. The molecule has 0 fully saturated rings. The molecule has 1 aliphatic rings. The summed E-state index contributed by atoms with van der Waals surface area (Å²) in [6, 6.07) is 4.01. The Balaban J connectivity index is 2.22. The fourth-order valence-corrected chi connectivity index (χ4v) is 2.55. The first kappa shape index (κ1) is 16.0. The first-order chi connectivity index (χ1) is 10.9. The molecule has 1 aliphatic heterocycles. The van der Waals surface area contributed by atoms with Crippen LogP contribution in [0, 0.1) is 5.82 Å². The molecule has 0 bridgehead atoms. The van der Waals surface area contributed by atoms with Crippen molar-refractivity contribution in [2.75, 3.05) is 10.6 Å². The van der Waals surface area contributed by atoms with Gasteiger partial charge in [0.05, 0.1) is 10.2 Å². The number of carbonyl (C=O) groups is 1. The lowest BCUT2D eigenvalue weighted by atomic mass is 10.2. The van der Waals surface area contributed by atoms with Gasteiger partial charge >= 0.3 is 0 Å². The number of aromatic nitrogens is 2. The van der Waals surface area contributed by atoms with Gasteiger partial charge in [-0.15, -0.1) is 0 Å². The van der Waals surface area contributed by atoms with Gasteiger partial charge in [0.15, 0.2) is 5.16 Å². The van der Waals surface area contributed by atoms with Gasteiger partial charge in [-0.25, -0.2) is 14.4 Å². The van der Waals surface area contributed by atoms with Gasteiger partial charge in [0.25, 0.3) is 5.91 Å². The van der Waals surface area contributed by atoms with E-state index in [0.717, 1.165) is 17.3 Å². The third-order valence-electron chi connectivity index (χ3n) is 2.96. The minimum atomic E-state index is -0.694. The SMILES string of the molecule is Nc1ncnc2c1C(=O)N(c1ccc(Br)c(F)c1)C(Cl)=C(Cl)O2. The van der Waals surface area contributed by atoms with Crippen molar-refractivity contribution < 1.29 is 13.9 Å². The van der Waals surface area contributed by atoms with Gasteiger partial charge in [0, 0.05) is 0 Å². The zero-order valence-electron chi connectivity index (χ0n) is 11.1. The second-order valence-electron chi connectivity index (χ2n) is 4.34. The van der Waals surface area contributed by atoms with Crippen LogP contribution in [0.15, 0.2) is 39.4 Å². The smallest absolute Gasteiger partial charge is 0.272 e. The molecule has 0 saturated carbocycles. The summed E-state index contributed by atoms with van der Waals surface area (Å²) in [5.74, 6) is -1.52. The zero-order chi connectivity index (χ0) is 16.7. The van der Waals surface area contributed by atoms with Crippen molar-refractivity contribution in [3.8, 4) is 5.88 Å². The van der Waals surface area contributed by atoms with Crippen LogP contribution in [0.4, 0.5) is 15.9 Å². The van der Waals surface area contributed by atoms with Crippen molar-refractivity contribution in [3.05, 3.63) is 50.8 Å². The molecule has 0 saturated heterocycles. The molecule has 1 aromatic carbocycles. The number of amides is 1. The molecule has 118 valence electrons. The van der Waals surface area contributed by atoms with Crippen molar-refractivity contribution in [1.82, 2.24) is 9.97 Å². The molecule has 1 amide bonds. The summed E-state index contributed by atoms with van der Waals surface area (Å²) in [5, 5.41) is -0.559. The number of ether oxygens (including phenoxy) is 1. The molecule has 2 N–H and O–H groups in total. The molecular weight excluding hydrogens is 414 g/mol. The summed E-state index contributed by atoms with van der Waals surface area (Å²) in [7, 11) is 0. The van der Waals surface area contributed by atoms with E-state index in [4.69, 9.17) is 33.7 Å². The zero-order valence-corrected chi connectivity index (χ0v) is 14.2. The second kappa shape index (κ2) is 5.95. The number of benzene rings is 1. The van der Waals surface area contributed by atoms with Crippen molar-refractivity contribution in [1.29, 1.82) is 0 Å². The summed E-state index contributed by atoms with van der Waals surface area (Å²) < 4.78 is 19.3. The molecule has 0 radical (unpaired) electrons. The highest BCUT2D eigenvalue weighted by molar-refractivity contribution is 9.10. The normalized spacial score (nSPS) is 14.4. The van der Waals surface area contributed by atoms with Crippen LogP contribution in [-0.4, -0.2) is 15.9 Å². The third-order valence-corrected chi connectivity index (χ3v) is 4.30. The van der Waals surface area contributed by atoms with Crippen LogP contribution in [0.2, 0.25) is 0 Å². The minimum absolute atomic E-state index is 0.113. The highest BCUT2D eigenvalue weighted by Crippen LogP contribution is 2.36. The first-order valence-electron chi connectivity index (χ1n) is 6.03. The molecule has 6 nitrogen and oxygen atoms in total. The van der Waals surface area contributed by atoms with E-state index in [0.29, 0.717) is 0 Å². The van der Waals surface area contributed by atoms with E-state index in [2.05, 4.69) is 25.9 Å². The van der Waals surface area contributed by atoms with Gasteiger partial charge in [0.2, 0.25) is 11.1 Å². The summed E-state index contributed by atoms with van der Waals surface area (Å²) >= 11 is 15.1. The molecule has 2 aromatic rings. The van der Waals surface area contributed by atoms with Crippen LogP contribution in [0.3, 0.4) is 0 Å². The Labute approximate surface area is 147 Å². The Kier molecular flexibility index (Phi) is 4.13. The van der Waals surface area contributed by atoms with Crippen LogP contribution in [0.25, 0.3) is 0 Å². The first-order valence-corrected chi connectivity index (χ1v) is 7.58. The van der Waals surface area contributed by atoms with E-state index in [-0.39, 0.29) is 37.8 Å². The molecule has 10 heteroatoms. The highest BCUT2D eigenvalue weighted by atomic mass is 79.9. The topological polar surface area (TPSA) is 81.3 Å². The molecule has 0 spiro atoms. The van der Waals surface area contributed by atoms with E-state index in [1.165, 1.54) is 12.1 Å². The van der Waals surface area contributed by atoms with Gasteiger partial charge in [-0.05, 0) is 45.7 Å². The molecular formula is C13H6BrCl2FN4O2. The average molecular weight is 420 g/mol. The number of nitrogen functional groups attached to an aromatic ring is 1. The Morgan fingerprint density at radius 3 is 2.74 bits per heavy atom. The van der Waals surface area contributed by atoms with Crippen LogP contribution in [0.1, 0.15) is 10.4 Å². The number of anilines is 2. The molecule has 23 heavy (non-hydrogen) atoms. The number of hydrogen-bond donors (Lipinski definition) is 1. The fourth-order valence-electron chi connectivity index (χ4n) is 1.93. The van der Waals surface area contributed by atoms with Crippen LogP contribution >= 0.6 is 39.1 Å². The van der Waals surface area contributed by atoms with Crippen molar-refractivity contribution in [2.24, 2.45) is 0 Å². The molecule has 3 rings (SSSR count). The van der Waals surface area contributed by atoms with Gasteiger partial charge in [-0.2, -0.15) is 0 Å². The second-order valence-corrected chi connectivity index (χ2v) is 5.90. The van der Waals surface area contributed by atoms with Crippen molar-refractivity contribution in [2.45, 2.75) is 0 Å². The summed E-state index contributed by atoms with van der Waals surface area (Å²) in [4.78, 5) is 21.3. The lowest BCUT2D eigenvalue weighted by Gasteiger charge is -2.20. The standard InChI is InChI=1S/C13H6BrCl2FN4O2/c14-6-2-1-5(3-7(6)17)21-9(15)10(16)23-12-8(13(21)22)11(18)19-4-20-12/h1-4H,(H2,18,19,20). The van der Waals surface area contributed by atoms with E-state index < -0.39 is 11.7 Å². The predicted octanol–water partition coefficient (Wildman–Crippen LogP) is 3.60. The monoisotopic (exact) mass is 418 g/mol. The van der Waals surface area contributed by atoms with Crippen LogP contribution in [0.5, 0.6) is 5.88 Å². The Morgan fingerprint density at radius 2 is 2.04 bits per heavy atom. The maximum absolute atomic E-state index is 13.8. The number of fused-ring (bicyclic) bond motifs is 1. The lowest BCUT2D eigenvalue weighted by molar-refractivity contribution is 0.0997. The van der Waals surface area contributed by atoms with Gasteiger partial charge in [-0.3, -0.25) is 9.69 Å². The molecule has 0 unspecified atom stereocenters. The summed E-state index contributed by atoms with van der Waals surface area (Å²) in [6.07, 6.45) is 1.12. The number of nitrogens with zero attached hydrogens (tertiary/aromatic N) is 3. The van der Waals surface area contributed by atoms with Crippen molar-refractivity contribution in [3.63, 3.8) is 0 Å². The summed E-state index contributed by atoms with van der Waals surface area (Å²) in [6.45, 7) is 0. The average Bonchev–Trinajstić information content (AvgIpc) is 2.59. The number of hydrogen-bond acceptors (Lipinski definition) is 5. The van der Waals surface area contributed by atoms with Gasteiger partial charge < -0.3 is 10.5 Å². The lowest BCUT2D eigenvalue weighted by Crippen LogP contribution is -2.29. The minimum Gasteiger partial charge on any atom is -0.423 e. The maximum atomic E-state index is 13.8. The van der Waals surface area contributed by atoms with E-state index in [1.54, 1.807) is 0 Å².